The van der Waals surface area contributed by atoms with Crippen molar-refractivity contribution in [3.63, 3.8) is 0 Å². The average molecular weight is 362 g/mol. The van der Waals surface area contributed by atoms with E-state index in [0.717, 1.165) is 16.8 Å². The van der Waals surface area contributed by atoms with E-state index in [2.05, 4.69) is 10.3 Å². The summed E-state index contributed by atoms with van der Waals surface area (Å²) >= 11 is 0. The van der Waals surface area contributed by atoms with Crippen LogP contribution in [0.5, 0.6) is 17.4 Å². The van der Waals surface area contributed by atoms with E-state index in [-0.39, 0.29) is 12.5 Å². The zero-order valence-electron chi connectivity index (χ0n) is 15.7. The van der Waals surface area contributed by atoms with E-state index in [1.807, 2.05) is 45.0 Å². The third-order valence-electron chi connectivity index (χ3n) is 4.00. The number of amides is 1. The van der Waals surface area contributed by atoms with Gasteiger partial charge in [0.05, 0.1) is 0 Å². The molecule has 1 N–H and O–H groups in total. The van der Waals surface area contributed by atoms with Gasteiger partial charge in [0.15, 0.2) is 6.61 Å². The van der Waals surface area contributed by atoms with Crippen molar-refractivity contribution in [2.45, 2.75) is 20.8 Å². The van der Waals surface area contributed by atoms with Gasteiger partial charge in [-0.1, -0.05) is 23.8 Å². The fraction of sp³-hybridized carbons (Fsp3) is 0.182. The number of benzene rings is 2. The van der Waals surface area contributed by atoms with E-state index in [9.17, 15) is 4.79 Å². The number of hydrogen-bond acceptors (Lipinski definition) is 4. The minimum absolute atomic E-state index is 0.0623. The summed E-state index contributed by atoms with van der Waals surface area (Å²) in [5.41, 5.74) is 4.09. The fourth-order valence-corrected chi connectivity index (χ4v) is 2.83. The van der Waals surface area contributed by atoms with Crippen LogP contribution in [0.15, 0.2) is 60.8 Å². The summed E-state index contributed by atoms with van der Waals surface area (Å²) in [7, 11) is 0. The highest BCUT2D eigenvalue weighted by molar-refractivity contribution is 5.93. The van der Waals surface area contributed by atoms with E-state index in [1.54, 1.807) is 36.5 Å². The largest absolute Gasteiger partial charge is 0.484 e. The zero-order chi connectivity index (χ0) is 19.2. The molecule has 27 heavy (non-hydrogen) atoms. The smallest absolute Gasteiger partial charge is 0.262 e. The molecule has 0 radical (unpaired) electrons. The quantitative estimate of drug-likeness (QED) is 0.683. The van der Waals surface area contributed by atoms with Gasteiger partial charge in [-0.2, -0.15) is 0 Å². The van der Waals surface area contributed by atoms with Crippen LogP contribution in [0, 0.1) is 20.8 Å². The lowest BCUT2D eigenvalue weighted by atomic mass is 10.1. The summed E-state index contributed by atoms with van der Waals surface area (Å²) in [6, 6.07) is 16.6. The van der Waals surface area contributed by atoms with E-state index >= 15 is 0 Å². The second kappa shape index (κ2) is 8.36. The van der Waals surface area contributed by atoms with Gasteiger partial charge in [0, 0.05) is 18.0 Å². The normalized spacial score (nSPS) is 10.3. The first kappa shape index (κ1) is 18.5. The standard InChI is InChI=1S/C22H22N2O3/c1-15-12-16(2)22(17(3)13-15)24-20(25)14-26-18-7-9-19(10-8-18)27-21-6-4-5-11-23-21/h4-13H,14H2,1-3H3,(H,24,25). The fourth-order valence-electron chi connectivity index (χ4n) is 2.83. The molecule has 0 saturated carbocycles. The Hall–Kier alpha value is -3.34. The lowest BCUT2D eigenvalue weighted by Crippen LogP contribution is -2.21. The van der Waals surface area contributed by atoms with Gasteiger partial charge in [-0.15, -0.1) is 0 Å². The van der Waals surface area contributed by atoms with Gasteiger partial charge in [-0.25, -0.2) is 4.98 Å². The first-order valence-electron chi connectivity index (χ1n) is 8.71. The van der Waals surface area contributed by atoms with Gasteiger partial charge in [-0.05, 0) is 62.2 Å². The van der Waals surface area contributed by atoms with E-state index in [1.165, 1.54) is 5.56 Å². The maximum absolute atomic E-state index is 12.2. The van der Waals surface area contributed by atoms with Crippen LogP contribution in [-0.4, -0.2) is 17.5 Å². The zero-order valence-corrected chi connectivity index (χ0v) is 15.7. The van der Waals surface area contributed by atoms with E-state index in [4.69, 9.17) is 9.47 Å². The van der Waals surface area contributed by atoms with Crippen LogP contribution in [0.25, 0.3) is 0 Å². The highest BCUT2D eigenvalue weighted by atomic mass is 16.5. The van der Waals surface area contributed by atoms with E-state index < -0.39 is 0 Å². The van der Waals surface area contributed by atoms with Crippen molar-refractivity contribution in [1.82, 2.24) is 4.98 Å². The lowest BCUT2D eigenvalue weighted by molar-refractivity contribution is -0.118. The second-order valence-electron chi connectivity index (χ2n) is 6.35. The van der Waals surface area contributed by atoms with Gasteiger partial charge in [0.2, 0.25) is 5.88 Å². The third kappa shape index (κ3) is 5.07. The monoisotopic (exact) mass is 362 g/mol. The number of ether oxygens (including phenoxy) is 2. The van der Waals surface area contributed by atoms with Gasteiger partial charge < -0.3 is 14.8 Å². The molecule has 0 fully saturated rings. The predicted octanol–water partition coefficient (Wildman–Crippen LogP) is 4.82. The van der Waals surface area contributed by atoms with Crippen LogP contribution in [-0.2, 0) is 4.79 Å². The molecule has 138 valence electrons. The van der Waals surface area contributed by atoms with Crippen molar-refractivity contribution in [2.24, 2.45) is 0 Å². The lowest BCUT2D eigenvalue weighted by Gasteiger charge is -2.13. The minimum Gasteiger partial charge on any atom is -0.484 e. The summed E-state index contributed by atoms with van der Waals surface area (Å²) in [5.74, 6) is 1.57. The molecule has 2 aromatic carbocycles. The van der Waals surface area contributed by atoms with Crippen molar-refractivity contribution >= 4 is 11.6 Å². The number of pyridine rings is 1. The molecular weight excluding hydrogens is 340 g/mol. The van der Waals surface area contributed by atoms with Crippen LogP contribution in [0.4, 0.5) is 5.69 Å². The summed E-state index contributed by atoms with van der Waals surface area (Å²) < 4.78 is 11.2. The number of rotatable bonds is 6. The molecule has 3 aromatic rings. The molecule has 1 amide bonds. The Kier molecular flexibility index (Phi) is 5.71. The Bertz CT molecular complexity index is 899. The Morgan fingerprint density at radius 2 is 1.63 bits per heavy atom. The molecule has 1 heterocycles. The molecule has 5 nitrogen and oxygen atoms in total. The number of anilines is 1. The van der Waals surface area contributed by atoms with Gasteiger partial charge in [0.1, 0.15) is 11.5 Å². The van der Waals surface area contributed by atoms with Crippen LogP contribution < -0.4 is 14.8 Å². The number of aromatic nitrogens is 1. The maximum atomic E-state index is 12.2. The molecule has 1 aromatic heterocycles. The second-order valence-corrected chi connectivity index (χ2v) is 6.35. The molecule has 0 saturated heterocycles. The van der Waals surface area contributed by atoms with Gasteiger partial charge in [-0.3, -0.25) is 4.79 Å². The summed E-state index contributed by atoms with van der Waals surface area (Å²) in [6.07, 6.45) is 1.67. The number of carbonyl (C=O) groups is 1. The topological polar surface area (TPSA) is 60.5 Å². The molecule has 0 bridgehead atoms. The molecule has 0 aliphatic carbocycles. The SMILES string of the molecule is Cc1cc(C)c(NC(=O)COc2ccc(Oc3ccccn3)cc2)c(C)c1. The summed E-state index contributed by atoms with van der Waals surface area (Å²) in [5, 5.41) is 2.92. The van der Waals surface area contributed by atoms with Gasteiger partial charge >= 0.3 is 0 Å². The van der Waals surface area contributed by atoms with Crippen LogP contribution >= 0.6 is 0 Å². The molecule has 0 aliphatic rings. The molecule has 0 spiro atoms. The Labute approximate surface area is 159 Å². The third-order valence-corrected chi connectivity index (χ3v) is 4.00. The summed E-state index contributed by atoms with van der Waals surface area (Å²) in [6.45, 7) is 5.94. The predicted molar refractivity (Wildman–Crippen MR) is 106 cm³/mol. The average Bonchev–Trinajstić information content (AvgIpc) is 2.65. The Balaban J connectivity index is 1.55. The molecule has 0 unspecified atom stereocenters. The number of aryl methyl sites for hydroxylation is 3. The molecule has 0 atom stereocenters. The van der Waals surface area contributed by atoms with Crippen molar-refractivity contribution in [3.8, 4) is 17.4 Å². The van der Waals surface area contributed by atoms with Crippen LogP contribution in [0.2, 0.25) is 0 Å². The first-order chi connectivity index (χ1) is 13.0. The number of carbonyl (C=O) groups excluding carboxylic acids is 1. The maximum Gasteiger partial charge on any atom is 0.262 e. The number of nitrogens with zero attached hydrogens (tertiary/aromatic N) is 1. The highest BCUT2D eigenvalue weighted by Gasteiger charge is 2.09. The van der Waals surface area contributed by atoms with Crippen LogP contribution in [0.3, 0.4) is 0 Å². The van der Waals surface area contributed by atoms with Crippen molar-refractivity contribution in [1.29, 1.82) is 0 Å². The molecule has 3 rings (SSSR count). The van der Waals surface area contributed by atoms with Crippen molar-refractivity contribution in [2.75, 3.05) is 11.9 Å². The van der Waals surface area contributed by atoms with Crippen LogP contribution in [0.1, 0.15) is 16.7 Å². The number of hydrogen-bond donors (Lipinski definition) is 1. The molecular formula is C22H22N2O3. The Morgan fingerprint density at radius 3 is 2.26 bits per heavy atom. The molecule has 5 heteroatoms. The minimum atomic E-state index is -0.195. The summed E-state index contributed by atoms with van der Waals surface area (Å²) in [4.78, 5) is 16.3. The van der Waals surface area contributed by atoms with E-state index in [0.29, 0.717) is 17.4 Å². The Morgan fingerprint density at radius 1 is 0.963 bits per heavy atom. The number of nitrogens with one attached hydrogen (secondary N) is 1. The highest BCUT2D eigenvalue weighted by Crippen LogP contribution is 2.23. The van der Waals surface area contributed by atoms with Gasteiger partial charge in [0.25, 0.3) is 5.91 Å². The van der Waals surface area contributed by atoms with Crippen molar-refractivity contribution in [3.05, 3.63) is 77.5 Å². The first-order valence-corrected chi connectivity index (χ1v) is 8.71. The molecule has 0 aliphatic heterocycles. The van der Waals surface area contributed by atoms with Crippen molar-refractivity contribution < 1.29 is 14.3 Å².